The van der Waals surface area contributed by atoms with Crippen molar-refractivity contribution in [3.05, 3.63) is 0 Å². The second-order valence-electron chi connectivity index (χ2n) is 9.84. The fourth-order valence-electron chi connectivity index (χ4n) is 5.55. The second kappa shape index (κ2) is 7.58. The third kappa shape index (κ3) is 5.38. The lowest BCUT2D eigenvalue weighted by Gasteiger charge is -2.40. The van der Waals surface area contributed by atoms with Crippen molar-refractivity contribution < 1.29 is 8.23 Å². The number of rotatable bonds is 8. The fraction of sp³-hybridized carbons (Fsp3) is 1.00. The van der Waals surface area contributed by atoms with Crippen LogP contribution in [0.2, 0.25) is 64.0 Å². The molecule has 2 rings (SSSR count). The van der Waals surface area contributed by atoms with E-state index in [9.17, 15) is 0 Å². The van der Waals surface area contributed by atoms with Crippen molar-refractivity contribution in [2.24, 2.45) is 17.8 Å². The first kappa shape index (κ1) is 20.1. The van der Waals surface area contributed by atoms with Crippen molar-refractivity contribution in [1.82, 2.24) is 0 Å². The first-order chi connectivity index (χ1) is 10.5. The predicted octanol–water partition coefficient (Wildman–Crippen LogP) is 5.20. The van der Waals surface area contributed by atoms with E-state index < -0.39 is 34.7 Å². The van der Waals surface area contributed by atoms with Gasteiger partial charge in [-0.05, 0) is 101 Å². The molecule has 2 aliphatic carbocycles. The van der Waals surface area contributed by atoms with Gasteiger partial charge in [0, 0.05) is 0 Å². The van der Waals surface area contributed by atoms with Crippen LogP contribution in [0.1, 0.15) is 25.7 Å². The van der Waals surface area contributed by atoms with E-state index in [1.807, 2.05) is 0 Å². The molecule has 0 aliphatic heterocycles. The predicted molar refractivity (Wildman–Crippen MR) is 112 cm³/mol. The zero-order chi connectivity index (χ0) is 17.4. The van der Waals surface area contributed by atoms with Crippen molar-refractivity contribution in [3.63, 3.8) is 0 Å². The van der Waals surface area contributed by atoms with E-state index in [2.05, 4.69) is 52.4 Å². The average Bonchev–Trinajstić information content (AvgIpc) is 2.93. The van der Waals surface area contributed by atoms with Gasteiger partial charge in [0.1, 0.15) is 0 Å². The second-order valence-corrected chi connectivity index (χ2v) is 23.9. The molecule has 2 bridgehead atoms. The average molecular weight is 389 g/mol. The van der Waals surface area contributed by atoms with Crippen LogP contribution < -0.4 is 0 Å². The smallest absolute Gasteiger partial charge is 0.176 e. The Balaban J connectivity index is 1.93. The summed E-state index contributed by atoms with van der Waals surface area (Å²) in [5.74, 6) is 2.98. The van der Waals surface area contributed by atoms with Crippen LogP contribution in [-0.2, 0) is 8.23 Å². The van der Waals surface area contributed by atoms with E-state index in [4.69, 9.17) is 8.23 Å². The van der Waals surface area contributed by atoms with Crippen LogP contribution in [-0.4, -0.2) is 34.7 Å². The standard InChI is InChI=1S/C17H40O2Si4/c1-20(2)18-22(5,6)10-9-15-11-14-12-16(15)17(13-14)23(7,8)19-21(3)4/h14-17,20-21H,9-13H2,1-8H3. The third-order valence-electron chi connectivity index (χ3n) is 6.06. The molecule has 0 heterocycles. The van der Waals surface area contributed by atoms with Gasteiger partial charge in [-0.1, -0.05) is 6.42 Å². The molecule has 4 atom stereocenters. The molecule has 0 spiro atoms. The maximum atomic E-state index is 6.59. The lowest BCUT2D eigenvalue weighted by Crippen LogP contribution is -2.44. The van der Waals surface area contributed by atoms with Crippen LogP contribution in [0.5, 0.6) is 0 Å². The Morgan fingerprint density at radius 1 is 0.870 bits per heavy atom. The SMILES string of the molecule is C[SiH](C)O[Si](C)(C)CCC1CC2CC1C([Si](C)(C)O[SiH](C)C)C2. The van der Waals surface area contributed by atoms with Crippen molar-refractivity contribution in [2.75, 3.05) is 0 Å². The molecule has 0 N–H and O–H groups in total. The summed E-state index contributed by atoms with van der Waals surface area (Å²) in [6, 6.07) is 1.38. The third-order valence-corrected chi connectivity index (χ3v) is 18.8. The Hall–Kier alpha value is 0.788. The van der Waals surface area contributed by atoms with E-state index in [0.717, 1.165) is 23.3 Å². The molecule has 2 nitrogen and oxygen atoms in total. The summed E-state index contributed by atoms with van der Waals surface area (Å²) in [5.41, 5.74) is 0.936. The normalized spacial score (nSPS) is 31.6. The van der Waals surface area contributed by atoms with Gasteiger partial charge in [0.2, 0.25) is 0 Å². The molecule has 0 aromatic heterocycles. The molecule has 0 radical (unpaired) electrons. The topological polar surface area (TPSA) is 18.5 Å². The van der Waals surface area contributed by atoms with Crippen molar-refractivity contribution in [3.8, 4) is 0 Å². The van der Waals surface area contributed by atoms with Crippen molar-refractivity contribution in [1.29, 1.82) is 0 Å². The van der Waals surface area contributed by atoms with Crippen LogP contribution in [0.3, 0.4) is 0 Å². The summed E-state index contributed by atoms with van der Waals surface area (Å²) in [4.78, 5) is 0. The van der Waals surface area contributed by atoms with Crippen LogP contribution >= 0.6 is 0 Å². The number of hydrogen-bond acceptors (Lipinski definition) is 2. The summed E-state index contributed by atoms with van der Waals surface area (Å²) in [6.45, 7) is 19.2. The van der Waals surface area contributed by atoms with E-state index in [1.54, 1.807) is 0 Å². The maximum absolute atomic E-state index is 6.59. The monoisotopic (exact) mass is 388 g/mol. The van der Waals surface area contributed by atoms with Crippen LogP contribution in [0, 0.1) is 17.8 Å². The molecular formula is C17H40O2Si4. The van der Waals surface area contributed by atoms with E-state index >= 15 is 0 Å². The molecule has 2 aliphatic rings. The molecule has 0 saturated heterocycles. The largest absolute Gasteiger partial charge is 0.458 e. The van der Waals surface area contributed by atoms with Gasteiger partial charge in [-0.2, -0.15) is 0 Å². The Bertz CT molecular complexity index is 398. The highest BCUT2D eigenvalue weighted by Gasteiger charge is 2.52. The summed E-state index contributed by atoms with van der Waals surface area (Å²) < 4.78 is 13.0. The minimum Gasteiger partial charge on any atom is -0.458 e. The Morgan fingerprint density at radius 2 is 1.48 bits per heavy atom. The maximum Gasteiger partial charge on any atom is 0.176 e. The minimum absolute atomic E-state index is 0.878. The highest BCUT2D eigenvalue weighted by Crippen LogP contribution is 2.59. The van der Waals surface area contributed by atoms with Crippen LogP contribution in [0.15, 0.2) is 0 Å². The van der Waals surface area contributed by atoms with Gasteiger partial charge in [-0.15, -0.1) is 0 Å². The molecule has 2 fully saturated rings. The highest BCUT2D eigenvalue weighted by atomic mass is 28.4. The molecule has 0 aromatic rings. The zero-order valence-electron chi connectivity index (χ0n) is 16.8. The van der Waals surface area contributed by atoms with Gasteiger partial charge in [-0.3, -0.25) is 0 Å². The van der Waals surface area contributed by atoms with E-state index in [1.165, 1.54) is 31.7 Å². The Kier molecular flexibility index (Phi) is 6.62. The molecular weight excluding hydrogens is 349 g/mol. The van der Waals surface area contributed by atoms with Gasteiger partial charge in [0.05, 0.1) is 0 Å². The van der Waals surface area contributed by atoms with Crippen LogP contribution in [0.25, 0.3) is 0 Å². The first-order valence-corrected chi connectivity index (χ1v) is 21.5. The van der Waals surface area contributed by atoms with Gasteiger partial charge >= 0.3 is 0 Å². The van der Waals surface area contributed by atoms with Crippen LogP contribution in [0.4, 0.5) is 0 Å². The van der Waals surface area contributed by atoms with E-state index in [-0.39, 0.29) is 0 Å². The molecule has 0 amide bonds. The van der Waals surface area contributed by atoms with Gasteiger partial charge in [0.25, 0.3) is 0 Å². The summed E-state index contributed by atoms with van der Waals surface area (Å²) >= 11 is 0. The van der Waals surface area contributed by atoms with Gasteiger partial charge in [0.15, 0.2) is 34.7 Å². The molecule has 136 valence electrons. The molecule has 2 saturated carbocycles. The molecule has 23 heavy (non-hydrogen) atoms. The van der Waals surface area contributed by atoms with Crippen molar-refractivity contribution >= 4 is 34.7 Å². The number of fused-ring (bicyclic) bond motifs is 2. The summed E-state index contributed by atoms with van der Waals surface area (Å²) in [5, 5.41) is 0. The van der Waals surface area contributed by atoms with E-state index in [0.29, 0.717) is 0 Å². The zero-order valence-corrected chi connectivity index (χ0v) is 21.1. The molecule has 0 aromatic carbocycles. The highest BCUT2D eigenvalue weighted by molar-refractivity contribution is 6.79. The number of hydrogen-bond donors (Lipinski definition) is 0. The summed E-state index contributed by atoms with van der Waals surface area (Å²) in [6.07, 6.45) is 5.93. The fourth-order valence-corrected chi connectivity index (χ4v) is 20.1. The van der Waals surface area contributed by atoms with Crippen molar-refractivity contribution in [2.45, 2.75) is 89.6 Å². The Morgan fingerprint density at radius 3 is 2.00 bits per heavy atom. The quantitative estimate of drug-likeness (QED) is 0.532. The van der Waals surface area contributed by atoms with Gasteiger partial charge in [-0.25, -0.2) is 0 Å². The Labute approximate surface area is 150 Å². The lowest BCUT2D eigenvalue weighted by molar-refractivity contribution is 0.302. The first-order valence-electron chi connectivity index (χ1n) is 9.86. The lowest BCUT2D eigenvalue weighted by atomic mass is 9.86. The molecule has 4 unspecified atom stereocenters. The minimum atomic E-state index is -1.48. The van der Waals surface area contributed by atoms with Gasteiger partial charge < -0.3 is 8.23 Å². The molecule has 6 heteroatoms. The summed E-state index contributed by atoms with van der Waals surface area (Å²) in [7, 11) is -4.67.